The molecule has 3 nitrogen and oxygen atoms in total. The molecule has 2 unspecified atom stereocenters. The zero-order chi connectivity index (χ0) is 14.7. The van der Waals surface area contributed by atoms with Crippen LogP contribution in [0.25, 0.3) is 0 Å². The maximum Gasteiger partial charge on any atom is 0.124 e. The summed E-state index contributed by atoms with van der Waals surface area (Å²) in [5.41, 5.74) is 1.33. The maximum absolute atomic E-state index is 6.05. The number of benzene rings is 1. The minimum atomic E-state index is 0.389. The van der Waals surface area contributed by atoms with Gasteiger partial charge in [-0.05, 0) is 38.9 Å². The van der Waals surface area contributed by atoms with Crippen LogP contribution >= 0.6 is 0 Å². The van der Waals surface area contributed by atoms with E-state index in [4.69, 9.17) is 4.74 Å². The molecule has 0 aromatic heterocycles. The van der Waals surface area contributed by atoms with Gasteiger partial charge in [0.05, 0.1) is 12.1 Å². The van der Waals surface area contributed by atoms with Crippen LogP contribution in [0.15, 0.2) is 24.3 Å². The third kappa shape index (κ3) is 3.09. The Hall–Kier alpha value is -1.06. The summed E-state index contributed by atoms with van der Waals surface area (Å²) in [6.45, 7) is 4.09. The second-order valence-corrected chi connectivity index (χ2v) is 6.45. The monoisotopic (exact) mass is 288 g/mol. The van der Waals surface area contributed by atoms with E-state index in [9.17, 15) is 0 Å². The van der Waals surface area contributed by atoms with Crippen LogP contribution in [0.1, 0.15) is 50.6 Å². The first-order chi connectivity index (χ1) is 10.3. The van der Waals surface area contributed by atoms with Crippen molar-refractivity contribution in [3.05, 3.63) is 29.8 Å². The van der Waals surface area contributed by atoms with Crippen molar-refractivity contribution in [2.24, 2.45) is 0 Å². The molecule has 1 saturated carbocycles. The largest absolute Gasteiger partial charge is 0.492 e. The van der Waals surface area contributed by atoms with Crippen molar-refractivity contribution >= 4 is 0 Å². The second kappa shape index (κ2) is 6.80. The lowest BCUT2D eigenvalue weighted by Crippen LogP contribution is -2.51. The van der Waals surface area contributed by atoms with E-state index in [-0.39, 0.29) is 0 Å². The number of likely N-dealkylation sites (N-methyl/N-ethyl adjacent to an activating group) is 1. The molecule has 21 heavy (non-hydrogen) atoms. The highest BCUT2D eigenvalue weighted by Gasteiger charge is 2.36. The van der Waals surface area contributed by atoms with E-state index in [1.54, 1.807) is 0 Å². The molecule has 2 atom stereocenters. The Morgan fingerprint density at radius 3 is 2.76 bits per heavy atom. The first-order valence-corrected chi connectivity index (χ1v) is 8.48. The van der Waals surface area contributed by atoms with Gasteiger partial charge in [-0.1, -0.05) is 38.0 Å². The lowest BCUT2D eigenvalue weighted by Gasteiger charge is -2.42. The molecular formula is C18H28N2O. The minimum Gasteiger partial charge on any atom is -0.492 e. The summed E-state index contributed by atoms with van der Waals surface area (Å²) in [6.07, 6.45) is 6.61. The Morgan fingerprint density at radius 2 is 2.00 bits per heavy atom. The third-order valence-electron chi connectivity index (χ3n) is 5.09. The molecular weight excluding hydrogens is 260 g/mol. The van der Waals surface area contributed by atoms with E-state index in [2.05, 4.69) is 48.5 Å². The standard InChI is InChI=1S/C18H28N2O/c1-3-12-19-18-15-10-6-7-11-17(15)21-13-16(18)20(2)14-8-4-5-9-14/h6-7,10-11,14,16,18-19H,3-5,8-9,12-13H2,1-2H3. The molecule has 0 saturated heterocycles. The molecule has 1 aliphatic heterocycles. The summed E-state index contributed by atoms with van der Waals surface area (Å²) >= 11 is 0. The first kappa shape index (κ1) is 14.9. The number of rotatable bonds is 5. The molecule has 1 fully saturated rings. The quantitative estimate of drug-likeness (QED) is 0.899. The second-order valence-electron chi connectivity index (χ2n) is 6.45. The molecule has 1 aromatic carbocycles. The highest BCUT2D eigenvalue weighted by atomic mass is 16.5. The van der Waals surface area contributed by atoms with Gasteiger partial charge < -0.3 is 10.1 Å². The number of hydrogen-bond donors (Lipinski definition) is 1. The SMILES string of the molecule is CCCNC1c2ccccc2OCC1N(C)C1CCCC1. The third-order valence-corrected chi connectivity index (χ3v) is 5.09. The molecule has 3 heteroatoms. The van der Waals surface area contributed by atoms with Crippen molar-refractivity contribution < 1.29 is 4.74 Å². The zero-order valence-corrected chi connectivity index (χ0v) is 13.3. The van der Waals surface area contributed by atoms with E-state index in [1.165, 1.54) is 37.7 Å². The highest BCUT2D eigenvalue weighted by molar-refractivity contribution is 5.38. The summed E-state index contributed by atoms with van der Waals surface area (Å²) in [4.78, 5) is 2.58. The van der Waals surface area contributed by atoms with Gasteiger partial charge in [0.2, 0.25) is 0 Å². The van der Waals surface area contributed by atoms with Crippen molar-refractivity contribution in [2.75, 3.05) is 20.2 Å². The molecule has 0 amide bonds. The van der Waals surface area contributed by atoms with Crippen molar-refractivity contribution in [3.63, 3.8) is 0 Å². The summed E-state index contributed by atoms with van der Waals surface area (Å²) < 4.78 is 6.05. The number of nitrogens with one attached hydrogen (secondary N) is 1. The van der Waals surface area contributed by atoms with Crippen molar-refractivity contribution in [1.29, 1.82) is 0 Å². The Balaban J connectivity index is 1.81. The molecule has 1 heterocycles. The fourth-order valence-corrected chi connectivity index (χ4v) is 3.83. The van der Waals surface area contributed by atoms with Gasteiger partial charge in [0.1, 0.15) is 12.4 Å². The lowest BCUT2D eigenvalue weighted by atomic mass is 9.94. The lowest BCUT2D eigenvalue weighted by molar-refractivity contribution is 0.0755. The number of hydrogen-bond acceptors (Lipinski definition) is 3. The number of fused-ring (bicyclic) bond motifs is 1. The fourth-order valence-electron chi connectivity index (χ4n) is 3.83. The van der Waals surface area contributed by atoms with Gasteiger partial charge in [-0.2, -0.15) is 0 Å². The van der Waals surface area contributed by atoms with Crippen LogP contribution in [-0.2, 0) is 0 Å². The van der Waals surface area contributed by atoms with Crippen LogP contribution in [0, 0.1) is 0 Å². The Bertz CT molecular complexity index is 456. The van der Waals surface area contributed by atoms with Gasteiger partial charge in [-0.3, -0.25) is 4.90 Å². The molecule has 0 bridgehead atoms. The van der Waals surface area contributed by atoms with Crippen LogP contribution in [0.4, 0.5) is 0 Å². The van der Waals surface area contributed by atoms with E-state index >= 15 is 0 Å². The van der Waals surface area contributed by atoms with Gasteiger partial charge in [0, 0.05) is 11.6 Å². The Kier molecular flexibility index (Phi) is 4.81. The predicted molar refractivity (Wildman–Crippen MR) is 86.8 cm³/mol. The normalized spacial score (nSPS) is 25.9. The van der Waals surface area contributed by atoms with Crippen molar-refractivity contribution in [2.45, 2.75) is 57.2 Å². The smallest absolute Gasteiger partial charge is 0.124 e. The highest BCUT2D eigenvalue weighted by Crippen LogP contribution is 2.36. The van der Waals surface area contributed by atoms with E-state index in [0.29, 0.717) is 12.1 Å². The average molecular weight is 288 g/mol. The van der Waals surface area contributed by atoms with Gasteiger partial charge in [-0.25, -0.2) is 0 Å². The number of nitrogens with zero attached hydrogens (tertiary/aromatic N) is 1. The van der Waals surface area contributed by atoms with Crippen LogP contribution in [-0.4, -0.2) is 37.2 Å². The zero-order valence-electron chi connectivity index (χ0n) is 13.3. The molecule has 1 N–H and O–H groups in total. The van der Waals surface area contributed by atoms with Gasteiger partial charge in [-0.15, -0.1) is 0 Å². The summed E-state index contributed by atoms with van der Waals surface area (Å²) in [6, 6.07) is 10.1. The van der Waals surface area contributed by atoms with E-state index in [0.717, 1.165) is 24.9 Å². The number of para-hydroxylation sites is 1. The van der Waals surface area contributed by atoms with E-state index < -0.39 is 0 Å². The van der Waals surface area contributed by atoms with Crippen molar-refractivity contribution in [3.8, 4) is 5.75 Å². The predicted octanol–water partition coefficient (Wildman–Crippen LogP) is 3.36. The molecule has 0 radical (unpaired) electrons. The van der Waals surface area contributed by atoms with Gasteiger partial charge in [0.15, 0.2) is 0 Å². The molecule has 1 aliphatic carbocycles. The topological polar surface area (TPSA) is 24.5 Å². The molecule has 0 spiro atoms. The van der Waals surface area contributed by atoms with Crippen LogP contribution < -0.4 is 10.1 Å². The molecule has 116 valence electrons. The van der Waals surface area contributed by atoms with Gasteiger partial charge >= 0.3 is 0 Å². The van der Waals surface area contributed by atoms with Crippen LogP contribution in [0.2, 0.25) is 0 Å². The maximum atomic E-state index is 6.05. The first-order valence-electron chi connectivity index (χ1n) is 8.48. The van der Waals surface area contributed by atoms with E-state index in [1.807, 2.05) is 0 Å². The molecule has 3 rings (SSSR count). The minimum absolute atomic E-state index is 0.389. The fraction of sp³-hybridized carbons (Fsp3) is 0.667. The summed E-state index contributed by atoms with van der Waals surface area (Å²) in [5.74, 6) is 1.06. The molecule has 1 aromatic rings. The van der Waals surface area contributed by atoms with Gasteiger partial charge in [0.25, 0.3) is 0 Å². The average Bonchev–Trinajstić information content (AvgIpc) is 3.06. The van der Waals surface area contributed by atoms with Crippen molar-refractivity contribution in [1.82, 2.24) is 10.2 Å². The number of ether oxygens (including phenoxy) is 1. The Morgan fingerprint density at radius 1 is 1.24 bits per heavy atom. The van der Waals surface area contributed by atoms with Crippen LogP contribution in [0.5, 0.6) is 5.75 Å². The van der Waals surface area contributed by atoms with Crippen LogP contribution in [0.3, 0.4) is 0 Å². The molecule has 2 aliphatic rings. The summed E-state index contributed by atoms with van der Waals surface area (Å²) in [5, 5.41) is 3.76. The Labute approximate surface area is 128 Å². The summed E-state index contributed by atoms with van der Waals surface area (Å²) in [7, 11) is 2.29.